The van der Waals surface area contributed by atoms with Crippen LogP contribution < -0.4 is 5.32 Å². The molecule has 1 aliphatic heterocycles. The van der Waals surface area contributed by atoms with Crippen molar-refractivity contribution in [3.05, 3.63) is 35.1 Å². The van der Waals surface area contributed by atoms with Gasteiger partial charge in [0, 0.05) is 19.1 Å². The van der Waals surface area contributed by atoms with Gasteiger partial charge in [-0.15, -0.1) is 0 Å². The van der Waals surface area contributed by atoms with Crippen molar-refractivity contribution in [1.29, 1.82) is 0 Å². The highest BCUT2D eigenvalue weighted by Gasteiger charge is 2.24. The van der Waals surface area contributed by atoms with Crippen LogP contribution >= 0.6 is 0 Å². The van der Waals surface area contributed by atoms with E-state index in [0.717, 1.165) is 37.7 Å². The summed E-state index contributed by atoms with van der Waals surface area (Å²) in [5, 5.41) is 3.54. The maximum atomic E-state index is 13.2. The minimum Gasteiger partial charge on any atom is -0.314 e. The monoisotopic (exact) mass is 278 g/mol. The summed E-state index contributed by atoms with van der Waals surface area (Å²) in [5.41, 5.74) is 2.31. The Kier molecular flexibility index (Phi) is 5.55. The second-order valence-electron chi connectivity index (χ2n) is 6.05. The van der Waals surface area contributed by atoms with Crippen LogP contribution in [0.4, 0.5) is 4.39 Å². The van der Waals surface area contributed by atoms with Crippen molar-refractivity contribution in [1.82, 2.24) is 10.2 Å². The molecule has 2 nitrogen and oxygen atoms in total. The Hall–Kier alpha value is -0.930. The van der Waals surface area contributed by atoms with E-state index in [1.165, 1.54) is 18.4 Å². The van der Waals surface area contributed by atoms with Crippen molar-refractivity contribution in [3.8, 4) is 0 Å². The van der Waals surface area contributed by atoms with Crippen molar-refractivity contribution in [2.45, 2.75) is 46.2 Å². The normalized spacial score (nSPS) is 21.9. The zero-order valence-electron chi connectivity index (χ0n) is 13.0. The third-order valence-corrected chi connectivity index (χ3v) is 4.47. The first-order valence-electron chi connectivity index (χ1n) is 7.81. The quantitative estimate of drug-likeness (QED) is 0.888. The Balaban J connectivity index is 1.95. The van der Waals surface area contributed by atoms with Crippen molar-refractivity contribution >= 4 is 0 Å². The van der Waals surface area contributed by atoms with Crippen LogP contribution in [-0.2, 0) is 6.54 Å². The average molecular weight is 278 g/mol. The molecule has 2 unspecified atom stereocenters. The molecule has 1 saturated heterocycles. The Morgan fingerprint density at radius 1 is 1.45 bits per heavy atom. The van der Waals surface area contributed by atoms with Crippen molar-refractivity contribution in [2.24, 2.45) is 5.92 Å². The van der Waals surface area contributed by atoms with Crippen molar-refractivity contribution < 1.29 is 4.39 Å². The van der Waals surface area contributed by atoms with Gasteiger partial charge >= 0.3 is 0 Å². The molecule has 1 N–H and O–H groups in total. The number of hydrogen-bond acceptors (Lipinski definition) is 2. The van der Waals surface area contributed by atoms with Gasteiger partial charge in [-0.25, -0.2) is 4.39 Å². The average Bonchev–Trinajstić information content (AvgIpc) is 2.43. The fraction of sp³-hybridized carbons (Fsp3) is 0.647. The van der Waals surface area contributed by atoms with E-state index in [1.807, 2.05) is 13.0 Å². The zero-order chi connectivity index (χ0) is 14.5. The van der Waals surface area contributed by atoms with Crippen LogP contribution in [0.25, 0.3) is 0 Å². The highest BCUT2D eigenvalue weighted by Crippen LogP contribution is 2.22. The van der Waals surface area contributed by atoms with E-state index in [2.05, 4.69) is 24.1 Å². The highest BCUT2D eigenvalue weighted by atomic mass is 19.1. The van der Waals surface area contributed by atoms with Gasteiger partial charge in [-0.3, -0.25) is 4.90 Å². The molecule has 2 atom stereocenters. The van der Waals surface area contributed by atoms with Crippen molar-refractivity contribution in [3.63, 3.8) is 0 Å². The molecule has 20 heavy (non-hydrogen) atoms. The standard InChI is InChI=1S/C17H27FN2/c1-4-19-14(3)16-6-5-9-20(12-16)11-15-7-8-17(18)10-13(15)2/h7-8,10,14,16,19H,4-6,9,11-12H2,1-3H3. The summed E-state index contributed by atoms with van der Waals surface area (Å²) in [7, 11) is 0. The topological polar surface area (TPSA) is 15.3 Å². The molecule has 1 heterocycles. The van der Waals surface area contributed by atoms with Gasteiger partial charge in [-0.1, -0.05) is 13.0 Å². The number of aryl methyl sites for hydroxylation is 1. The van der Waals surface area contributed by atoms with Gasteiger partial charge in [0.05, 0.1) is 0 Å². The highest BCUT2D eigenvalue weighted by molar-refractivity contribution is 5.26. The molecule has 0 aliphatic carbocycles. The number of benzene rings is 1. The Labute approximate surface area is 122 Å². The van der Waals surface area contributed by atoms with Gasteiger partial charge in [0.2, 0.25) is 0 Å². The molecule has 2 rings (SSSR count). The first kappa shape index (κ1) is 15.5. The van der Waals surface area contributed by atoms with Gasteiger partial charge in [0.1, 0.15) is 5.82 Å². The molecule has 0 saturated carbocycles. The summed E-state index contributed by atoms with van der Waals surface area (Å²) in [6, 6.07) is 5.72. The van der Waals surface area contributed by atoms with E-state index in [9.17, 15) is 4.39 Å². The second kappa shape index (κ2) is 7.19. The summed E-state index contributed by atoms with van der Waals surface area (Å²) < 4.78 is 13.2. The fourth-order valence-corrected chi connectivity index (χ4v) is 3.21. The van der Waals surface area contributed by atoms with Crippen LogP contribution in [0.5, 0.6) is 0 Å². The molecule has 1 aliphatic rings. The first-order valence-corrected chi connectivity index (χ1v) is 7.81. The Morgan fingerprint density at radius 3 is 2.95 bits per heavy atom. The largest absolute Gasteiger partial charge is 0.314 e. The van der Waals surface area contributed by atoms with Gasteiger partial charge in [-0.05, 0) is 69.0 Å². The van der Waals surface area contributed by atoms with Crippen molar-refractivity contribution in [2.75, 3.05) is 19.6 Å². The molecule has 1 fully saturated rings. The van der Waals surface area contributed by atoms with Crippen LogP contribution in [0, 0.1) is 18.7 Å². The molecule has 3 heteroatoms. The number of likely N-dealkylation sites (tertiary alicyclic amines) is 1. The molecule has 0 bridgehead atoms. The van der Waals surface area contributed by atoms with E-state index < -0.39 is 0 Å². The lowest BCUT2D eigenvalue weighted by Gasteiger charge is -2.36. The summed E-state index contributed by atoms with van der Waals surface area (Å²) in [6.45, 7) is 10.7. The van der Waals surface area contributed by atoms with Gasteiger partial charge in [0.25, 0.3) is 0 Å². The first-order chi connectivity index (χ1) is 9.60. The molecule has 0 radical (unpaired) electrons. The second-order valence-corrected chi connectivity index (χ2v) is 6.05. The smallest absolute Gasteiger partial charge is 0.123 e. The van der Waals surface area contributed by atoms with Crippen LogP contribution in [-0.4, -0.2) is 30.6 Å². The third-order valence-electron chi connectivity index (χ3n) is 4.47. The summed E-state index contributed by atoms with van der Waals surface area (Å²) in [5.74, 6) is 0.591. The van der Waals surface area contributed by atoms with Gasteiger partial charge < -0.3 is 5.32 Å². The number of nitrogens with zero attached hydrogens (tertiary/aromatic N) is 1. The molecule has 1 aromatic carbocycles. The Bertz CT molecular complexity index is 433. The maximum absolute atomic E-state index is 13.2. The van der Waals surface area contributed by atoms with Crippen LogP contribution in [0.3, 0.4) is 0 Å². The van der Waals surface area contributed by atoms with Crippen LogP contribution in [0.1, 0.15) is 37.8 Å². The summed E-state index contributed by atoms with van der Waals surface area (Å²) in [4.78, 5) is 2.52. The lowest BCUT2D eigenvalue weighted by molar-refractivity contribution is 0.145. The van der Waals surface area contributed by atoms with Crippen LogP contribution in [0.2, 0.25) is 0 Å². The minimum atomic E-state index is -0.136. The summed E-state index contributed by atoms with van der Waals surface area (Å²) in [6.07, 6.45) is 2.58. The van der Waals surface area contributed by atoms with Crippen LogP contribution in [0.15, 0.2) is 18.2 Å². The Morgan fingerprint density at radius 2 is 2.25 bits per heavy atom. The fourth-order valence-electron chi connectivity index (χ4n) is 3.21. The maximum Gasteiger partial charge on any atom is 0.123 e. The SMILES string of the molecule is CCNC(C)C1CCCN(Cc2ccc(F)cc2C)C1. The molecule has 112 valence electrons. The van der Waals surface area contributed by atoms with E-state index in [-0.39, 0.29) is 5.82 Å². The van der Waals surface area contributed by atoms with E-state index >= 15 is 0 Å². The van der Waals surface area contributed by atoms with Gasteiger partial charge in [-0.2, -0.15) is 0 Å². The number of hydrogen-bond donors (Lipinski definition) is 1. The van der Waals surface area contributed by atoms with Gasteiger partial charge in [0.15, 0.2) is 0 Å². The van der Waals surface area contributed by atoms with E-state index in [4.69, 9.17) is 0 Å². The predicted molar refractivity (Wildman–Crippen MR) is 82.3 cm³/mol. The number of rotatable bonds is 5. The molecule has 0 amide bonds. The zero-order valence-corrected chi connectivity index (χ0v) is 13.0. The predicted octanol–water partition coefficient (Wildman–Crippen LogP) is 3.34. The minimum absolute atomic E-state index is 0.136. The third kappa shape index (κ3) is 4.03. The molecule has 1 aromatic rings. The molecule has 0 aromatic heterocycles. The number of halogens is 1. The van der Waals surface area contributed by atoms with E-state index in [1.54, 1.807) is 12.1 Å². The molecular formula is C17H27FN2. The van der Waals surface area contributed by atoms with E-state index in [0.29, 0.717) is 6.04 Å². The number of nitrogens with one attached hydrogen (secondary N) is 1. The number of piperidine rings is 1. The molecular weight excluding hydrogens is 251 g/mol. The molecule has 0 spiro atoms. The summed E-state index contributed by atoms with van der Waals surface area (Å²) >= 11 is 0. The lowest BCUT2D eigenvalue weighted by Crippen LogP contribution is -2.44. The lowest BCUT2D eigenvalue weighted by atomic mass is 9.91.